The highest BCUT2D eigenvalue weighted by Gasteiger charge is 2.13. The number of benzene rings is 1. The van der Waals surface area contributed by atoms with Crippen molar-refractivity contribution in [1.82, 2.24) is 4.98 Å². The molecule has 1 unspecified atom stereocenters. The summed E-state index contributed by atoms with van der Waals surface area (Å²) < 4.78 is 0.775. The van der Waals surface area contributed by atoms with Crippen LogP contribution in [-0.4, -0.2) is 10.1 Å². The lowest BCUT2D eigenvalue weighted by Gasteiger charge is -2.08. The first-order valence-corrected chi connectivity index (χ1v) is 6.75. The van der Waals surface area contributed by atoms with Gasteiger partial charge in [0.1, 0.15) is 15.7 Å². The molecule has 1 aromatic heterocycles. The third-order valence-corrected chi connectivity index (χ3v) is 4.04. The van der Waals surface area contributed by atoms with Gasteiger partial charge in [0.15, 0.2) is 0 Å². The predicted octanol–water partition coefficient (Wildman–Crippen LogP) is 3.55. The summed E-state index contributed by atoms with van der Waals surface area (Å²) in [4.78, 5) is 4.21. The average Bonchev–Trinajstić information content (AvgIpc) is 2.75. The summed E-state index contributed by atoms with van der Waals surface area (Å²) >= 11 is 4.74. The van der Waals surface area contributed by atoms with Crippen LogP contribution >= 0.6 is 27.3 Å². The molecule has 0 aliphatic carbocycles. The third-order valence-electron chi connectivity index (χ3n) is 2.43. The maximum Gasteiger partial charge on any atom is 0.131 e. The second-order valence-electron chi connectivity index (χ2n) is 3.51. The van der Waals surface area contributed by atoms with E-state index >= 15 is 0 Å². The molecule has 0 bridgehead atoms. The van der Waals surface area contributed by atoms with Crippen molar-refractivity contribution in [2.75, 3.05) is 0 Å². The molecule has 0 saturated carbocycles. The average molecular weight is 298 g/mol. The minimum atomic E-state index is -0.623. The number of aliphatic hydroxyl groups is 1. The van der Waals surface area contributed by atoms with Crippen molar-refractivity contribution < 1.29 is 5.11 Å². The molecule has 84 valence electrons. The van der Waals surface area contributed by atoms with Crippen molar-refractivity contribution in [2.45, 2.75) is 19.4 Å². The lowest BCUT2D eigenvalue weighted by atomic mass is 10.1. The van der Waals surface area contributed by atoms with Crippen molar-refractivity contribution in [3.8, 4) is 0 Å². The molecule has 0 fully saturated rings. The lowest BCUT2D eigenvalue weighted by Crippen LogP contribution is -1.98. The fraction of sp³-hybridized carbons (Fsp3) is 0.250. The zero-order valence-electron chi connectivity index (χ0n) is 8.85. The molecule has 2 nitrogen and oxygen atoms in total. The molecular weight excluding hydrogens is 286 g/mol. The number of aromatic nitrogens is 1. The number of halogens is 1. The Kier molecular flexibility index (Phi) is 3.74. The molecule has 4 heteroatoms. The summed E-state index contributed by atoms with van der Waals surface area (Å²) in [5, 5.41) is 12.7. The SMILES string of the molecule is CCc1ccc(C(O)c2nc(Br)cs2)cc1. The van der Waals surface area contributed by atoms with E-state index in [2.05, 4.69) is 27.8 Å². The third kappa shape index (κ3) is 2.51. The molecule has 1 atom stereocenters. The Labute approximate surface area is 107 Å². The number of hydrogen-bond acceptors (Lipinski definition) is 3. The maximum atomic E-state index is 10.1. The Bertz CT molecular complexity index is 466. The van der Waals surface area contributed by atoms with Gasteiger partial charge in [-0.15, -0.1) is 11.3 Å². The van der Waals surface area contributed by atoms with Crippen LogP contribution in [0.2, 0.25) is 0 Å². The van der Waals surface area contributed by atoms with Crippen LogP contribution in [-0.2, 0) is 6.42 Å². The highest BCUT2D eigenvalue weighted by atomic mass is 79.9. The first-order valence-electron chi connectivity index (χ1n) is 5.08. The Morgan fingerprint density at radius 3 is 2.56 bits per heavy atom. The monoisotopic (exact) mass is 297 g/mol. The van der Waals surface area contributed by atoms with Gasteiger partial charge in [0.2, 0.25) is 0 Å². The van der Waals surface area contributed by atoms with E-state index in [0.717, 1.165) is 21.6 Å². The molecule has 1 aromatic carbocycles. The molecule has 0 amide bonds. The number of aryl methyl sites for hydroxylation is 1. The molecule has 0 radical (unpaired) electrons. The van der Waals surface area contributed by atoms with E-state index in [-0.39, 0.29) is 0 Å². The van der Waals surface area contributed by atoms with Crippen LogP contribution in [0.25, 0.3) is 0 Å². The molecule has 1 heterocycles. The number of rotatable bonds is 3. The van der Waals surface area contributed by atoms with Gasteiger partial charge in [-0.2, -0.15) is 0 Å². The highest BCUT2D eigenvalue weighted by Crippen LogP contribution is 2.26. The molecule has 0 saturated heterocycles. The van der Waals surface area contributed by atoms with Crippen molar-refractivity contribution in [1.29, 1.82) is 0 Å². The number of aliphatic hydroxyl groups excluding tert-OH is 1. The summed E-state index contributed by atoms with van der Waals surface area (Å²) in [6.45, 7) is 2.11. The summed E-state index contributed by atoms with van der Waals surface area (Å²) in [6.07, 6.45) is 0.390. The topological polar surface area (TPSA) is 33.1 Å². The summed E-state index contributed by atoms with van der Waals surface area (Å²) in [5.41, 5.74) is 2.16. The summed E-state index contributed by atoms with van der Waals surface area (Å²) in [6, 6.07) is 8.00. The minimum Gasteiger partial charge on any atom is -0.381 e. The zero-order chi connectivity index (χ0) is 11.5. The lowest BCUT2D eigenvalue weighted by molar-refractivity contribution is 0.219. The van der Waals surface area contributed by atoms with Gasteiger partial charge in [0.25, 0.3) is 0 Å². The van der Waals surface area contributed by atoms with E-state index in [0.29, 0.717) is 0 Å². The molecule has 16 heavy (non-hydrogen) atoms. The zero-order valence-corrected chi connectivity index (χ0v) is 11.3. The first-order chi connectivity index (χ1) is 7.70. The van der Waals surface area contributed by atoms with Crippen molar-refractivity contribution in [3.05, 3.63) is 50.4 Å². The largest absolute Gasteiger partial charge is 0.381 e. The van der Waals surface area contributed by atoms with Gasteiger partial charge >= 0.3 is 0 Å². The number of nitrogens with zero attached hydrogens (tertiary/aromatic N) is 1. The van der Waals surface area contributed by atoms with E-state index in [1.54, 1.807) is 0 Å². The molecule has 2 aromatic rings. The van der Waals surface area contributed by atoms with Crippen LogP contribution in [0, 0.1) is 0 Å². The van der Waals surface area contributed by atoms with Crippen LogP contribution in [0.3, 0.4) is 0 Å². The quantitative estimate of drug-likeness (QED) is 0.940. The second kappa shape index (κ2) is 5.08. The van der Waals surface area contributed by atoms with E-state index in [1.807, 2.05) is 29.6 Å². The summed E-state index contributed by atoms with van der Waals surface area (Å²) in [7, 11) is 0. The minimum absolute atomic E-state index is 0.623. The smallest absolute Gasteiger partial charge is 0.131 e. The molecule has 0 spiro atoms. The Morgan fingerprint density at radius 1 is 1.38 bits per heavy atom. The van der Waals surface area contributed by atoms with Crippen molar-refractivity contribution >= 4 is 27.3 Å². The molecular formula is C12H12BrNOS. The van der Waals surface area contributed by atoms with Crippen LogP contribution in [0.5, 0.6) is 0 Å². The Balaban J connectivity index is 2.23. The van der Waals surface area contributed by atoms with Crippen LogP contribution < -0.4 is 0 Å². The van der Waals surface area contributed by atoms with E-state index in [4.69, 9.17) is 0 Å². The number of hydrogen-bond donors (Lipinski definition) is 1. The Hall–Kier alpha value is -0.710. The van der Waals surface area contributed by atoms with Crippen LogP contribution in [0.15, 0.2) is 34.2 Å². The van der Waals surface area contributed by atoms with E-state index < -0.39 is 6.10 Å². The second-order valence-corrected chi connectivity index (χ2v) is 5.21. The van der Waals surface area contributed by atoms with Crippen LogP contribution in [0.1, 0.15) is 29.2 Å². The van der Waals surface area contributed by atoms with Gasteiger partial charge in [-0.3, -0.25) is 0 Å². The molecule has 1 N–H and O–H groups in total. The van der Waals surface area contributed by atoms with Gasteiger partial charge in [0, 0.05) is 5.38 Å². The van der Waals surface area contributed by atoms with Crippen molar-refractivity contribution in [3.63, 3.8) is 0 Å². The highest BCUT2D eigenvalue weighted by molar-refractivity contribution is 9.10. The maximum absolute atomic E-state index is 10.1. The fourth-order valence-corrected chi connectivity index (χ4v) is 2.75. The van der Waals surface area contributed by atoms with E-state index in [9.17, 15) is 5.11 Å². The van der Waals surface area contributed by atoms with Crippen LogP contribution in [0.4, 0.5) is 0 Å². The van der Waals surface area contributed by atoms with Gasteiger partial charge in [-0.05, 0) is 33.5 Å². The Morgan fingerprint density at radius 2 is 2.06 bits per heavy atom. The standard InChI is InChI=1S/C12H12BrNOS/c1-2-8-3-5-9(6-4-8)11(15)12-14-10(13)7-16-12/h3-7,11,15H,2H2,1H3. The summed E-state index contributed by atoms with van der Waals surface area (Å²) in [5.74, 6) is 0. The molecule has 0 aliphatic rings. The normalized spacial score (nSPS) is 12.7. The van der Waals surface area contributed by atoms with E-state index in [1.165, 1.54) is 16.9 Å². The first kappa shape index (κ1) is 11.8. The fourth-order valence-electron chi connectivity index (χ4n) is 1.47. The predicted molar refractivity (Wildman–Crippen MR) is 69.7 cm³/mol. The molecule has 0 aliphatic heterocycles. The van der Waals surface area contributed by atoms with Crippen molar-refractivity contribution in [2.24, 2.45) is 0 Å². The van der Waals surface area contributed by atoms with Gasteiger partial charge in [-0.1, -0.05) is 31.2 Å². The number of thiazole rings is 1. The van der Waals surface area contributed by atoms with Gasteiger partial charge in [-0.25, -0.2) is 4.98 Å². The molecule has 2 rings (SSSR count). The van der Waals surface area contributed by atoms with Gasteiger partial charge in [0.05, 0.1) is 0 Å². The van der Waals surface area contributed by atoms with Gasteiger partial charge < -0.3 is 5.11 Å².